The Kier molecular flexibility index (Phi) is 7.11. The predicted octanol–water partition coefficient (Wildman–Crippen LogP) is 1.47. The molecule has 12 nitrogen and oxygen atoms in total. The summed E-state index contributed by atoms with van der Waals surface area (Å²) in [7, 11) is -3.52. The first-order chi connectivity index (χ1) is 15.2. The molecule has 0 bridgehead atoms. The maximum atomic E-state index is 15.6. The van der Waals surface area contributed by atoms with Gasteiger partial charge in [-0.1, -0.05) is 0 Å². The molecule has 1 aliphatic heterocycles. The Morgan fingerprint density at radius 3 is 2.76 bits per heavy atom. The van der Waals surface area contributed by atoms with Gasteiger partial charge >= 0.3 is 5.97 Å². The molecule has 1 aliphatic rings. The van der Waals surface area contributed by atoms with Gasteiger partial charge in [-0.25, -0.2) is 19.4 Å². The van der Waals surface area contributed by atoms with Gasteiger partial charge in [0.05, 0.1) is 24.7 Å². The van der Waals surface area contributed by atoms with Crippen molar-refractivity contribution in [2.45, 2.75) is 70.9 Å². The molecule has 1 fully saturated rings. The first-order valence-corrected chi connectivity index (χ1v) is 12.5. The van der Waals surface area contributed by atoms with Crippen LogP contribution >= 0.6 is 7.52 Å². The van der Waals surface area contributed by atoms with E-state index in [9.17, 15) is 14.5 Å². The standard InChI is InChI=1S/C19H30FN6O6P/c1-9(2)31-16(28)11(4)25-33(6,29)30-7-12-14(27)19(5,20)17(32-12)26-8-22-13-10(3)23-18(21)24-15(13)26/h8-9,11-12,14,17,27H,7H2,1-6H3,(H,25,29)(H2,21,23,24)/t11-,12?,14+,17?,19+,33-/m0/s1. The van der Waals surface area contributed by atoms with Crippen LogP contribution in [0.3, 0.4) is 0 Å². The first-order valence-electron chi connectivity index (χ1n) is 10.4. The molecule has 0 aliphatic carbocycles. The molecule has 3 rings (SSSR count). The summed E-state index contributed by atoms with van der Waals surface area (Å²) in [5.74, 6) is -0.600. The summed E-state index contributed by atoms with van der Waals surface area (Å²) in [4.78, 5) is 24.3. The molecule has 0 spiro atoms. The lowest BCUT2D eigenvalue weighted by molar-refractivity contribution is -0.149. The number of aliphatic hydroxyl groups is 1. The molecule has 2 aromatic rings. The Balaban J connectivity index is 1.73. The van der Waals surface area contributed by atoms with Crippen molar-refractivity contribution in [3.05, 3.63) is 12.0 Å². The highest BCUT2D eigenvalue weighted by Crippen LogP contribution is 2.45. The average Bonchev–Trinajstić information content (AvgIpc) is 3.18. The molecular formula is C19H30FN6O6P. The van der Waals surface area contributed by atoms with Crippen LogP contribution in [0, 0.1) is 6.92 Å². The highest BCUT2D eigenvalue weighted by Gasteiger charge is 2.55. The van der Waals surface area contributed by atoms with Crippen molar-refractivity contribution in [2.24, 2.45) is 0 Å². The number of ether oxygens (including phenoxy) is 2. The molecule has 184 valence electrons. The summed E-state index contributed by atoms with van der Waals surface area (Å²) >= 11 is 0. The van der Waals surface area contributed by atoms with Gasteiger partial charge in [0.15, 0.2) is 17.5 Å². The van der Waals surface area contributed by atoms with E-state index in [2.05, 4.69) is 20.0 Å². The number of carbonyl (C=O) groups is 1. The average molecular weight is 488 g/mol. The van der Waals surface area contributed by atoms with Crippen LogP contribution in [-0.2, 0) is 23.4 Å². The Bertz CT molecular complexity index is 1080. The van der Waals surface area contributed by atoms with Crippen molar-refractivity contribution >= 4 is 30.6 Å². The van der Waals surface area contributed by atoms with Crippen molar-refractivity contribution in [3.63, 3.8) is 0 Å². The van der Waals surface area contributed by atoms with Crippen LogP contribution in [0.25, 0.3) is 11.2 Å². The highest BCUT2D eigenvalue weighted by molar-refractivity contribution is 7.56. The zero-order chi connectivity index (χ0) is 24.7. The number of halogens is 1. The van der Waals surface area contributed by atoms with Gasteiger partial charge in [0.2, 0.25) is 5.95 Å². The predicted molar refractivity (Wildman–Crippen MR) is 117 cm³/mol. The summed E-state index contributed by atoms with van der Waals surface area (Å²) in [6, 6.07) is -0.900. The molecular weight excluding hydrogens is 458 g/mol. The third kappa shape index (κ3) is 5.33. The molecule has 2 unspecified atom stereocenters. The number of anilines is 1. The summed E-state index contributed by atoms with van der Waals surface area (Å²) in [5, 5.41) is 13.2. The Morgan fingerprint density at radius 1 is 1.45 bits per heavy atom. The second-order valence-electron chi connectivity index (χ2n) is 8.59. The number of esters is 1. The number of alkyl halides is 1. The van der Waals surface area contributed by atoms with E-state index < -0.39 is 50.2 Å². The fourth-order valence-corrected chi connectivity index (χ4v) is 4.91. The van der Waals surface area contributed by atoms with Gasteiger partial charge in [-0.3, -0.25) is 13.9 Å². The van der Waals surface area contributed by atoms with E-state index in [0.29, 0.717) is 11.2 Å². The van der Waals surface area contributed by atoms with E-state index in [1.807, 2.05) is 0 Å². The zero-order valence-corrected chi connectivity index (χ0v) is 20.2. The quantitative estimate of drug-likeness (QED) is 0.364. The Morgan fingerprint density at radius 2 is 2.12 bits per heavy atom. The van der Waals surface area contributed by atoms with Gasteiger partial charge in [-0.2, -0.15) is 4.98 Å². The number of aryl methyl sites for hydroxylation is 1. The highest BCUT2D eigenvalue weighted by atomic mass is 31.2. The number of fused-ring (bicyclic) bond motifs is 1. The van der Waals surface area contributed by atoms with Crippen LogP contribution in [0.5, 0.6) is 0 Å². The van der Waals surface area contributed by atoms with E-state index in [0.717, 1.165) is 0 Å². The number of imidazole rings is 1. The molecule has 2 aromatic heterocycles. The van der Waals surface area contributed by atoms with Crippen molar-refractivity contribution in [3.8, 4) is 0 Å². The summed E-state index contributed by atoms with van der Waals surface area (Å²) < 4.78 is 45.9. The lowest BCUT2D eigenvalue weighted by Crippen LogP contribution is -2.41. The number of hydrogen-bond donors (Lipinski definition) is 3. The van der Waals surface area contributed by atoms with Gasteiger partial charge in [0.25, 0.3) is 7.52 Å². The molecule has 6 atom stereocenters. The normalized spacial score (nSPS) is 28.2. The number of hydrogen-bond acceptors (Lipinski definition) is 10. The second-order valence-corrected chi connectivity index (χ2v) is 10.8. The van der Waals surface area contributed by atoms with Gasteiger partial charge < -0.3 is 24.8 Å². The molecule has 4 N–H and O–H groups in total. The Labute approximate surface area is 190 Å². The molecule has 0 aromatic carbocycles. The second kappa shape index (κ2) is 9.22. The van der Waals surface area contributed by atoms with Gasteiger partial charge in [0.1, 0.15) is 23.8 Å². The number of aromatic nitrogens is 4. The third-order valence-electron chi connectivity index (χ3n) is 5.20. The monoisotopic (exact) mass is 488 g/mol. The fourth-order valence-electron chi connectivity index (χ4n) is 3.59. The molecule has 0 radical (unpaired) electrons. The van der Waals surface area contributed by atoms with Crippen LogP contribution in [-0.4, -0.2) is 73.9 Å². The third-order valence-corrected chi connectivity index (χ3v) is 6.70. The molecule has 0 amide bonds. The van der Waals surface area contributed by atoms with Crippen molar-refractivity contribution in [1.29, 1.82) is 0 Å². The number of nitrogens with two attached hydrogens (primary N) is 1. The largest absolute Gasteiger partial charge is 0.462 e. The van der Waals surface area contributed by atoms with E-state index in [1.54, 1.807) is 20.8 Å². The van der Waals surface area contributed by atoms with Crippen LogP contribution in [0.2, 0.25) is 0 Å². The summed E-state index contributed by atoms with van der Waals surface area (Å²) in [6.45, 7) is 8.62. The minimum atomic E-state index is -3.52. The number of nitrogens with one attached hydrogen (secondary N) is 1. The number of carbonyl (C=O) groups excluding carboxylic acids is 1. The van der Waals surface area contributed by atoms with Crippen molar-refractivity contribution < 1.29 is 32.9 Å². The number of nitrogen functional groups attached to an aromatic ring is 1. The topological polar surface area (TPSA) is 164 Å². The number of rotatable bonds is 8. The van der Waals surface area contributed by atoms with Crippen molar-refractivity contribution in [1.82, 2.24) is 24.6 Å². The van der Waals surface area contributed by atoms with Gasteiger partial charge in [-0.15, -0.1) is 0 Å². The van der Waals surface area contributed by atoms with Gasteiger partial charge in [0, 0.05) is 6.66 Å². The molecule has 14 heteroatoms. The maximum absolute atomic E-state index is 15.6. The lowest BCUT2D eigenvalue weighted by atomic mass is 9.98. The lowest BCUT2D eigenvalue weighted by Gasteiger charge is -2.24. The van der Waals surface area contributed by atoms with E-state index in [1.165, 1.54) is 31.4 Å². The van der Waals surface area contributed by atoms with Crippen LogP contribution < -0.4 is 10.8 Å². The van der Waals surface area contributed by atoms with Crippen LogP contribution in [0.15, 0.2) is 6.33 Å². The fraction of sp³-hybridized carbons (Fsp3) is 0.684. The zero-order valence-electron chi connectivity index (χ0n) is 19.4. The smallest absolute Gasteiger partial charge is 0.323 e. The molecule has 3 heterocycles. The summed E-state index contributed by atoms with van der Waals surface area (Å²) in [5.41, 5.74) is 4.65. The minimum Gasteiger partial charge on any atom is -0.462 e. The first kappa shape index (κ1) is 25.4. The molecule has 0 saturated carbocycles. The number of aliphatic hydroxyl groups excluding tert-OH is 1. The van der Waals surface area contributed by atoms with Crippen LogP contribution in [0.4, 0.5) is 10.3 Å². The Hall–Kier alpha value is -2.18. The van der Waals surface area contributed by atoms with E-state index >= 15 is 4.39 Å². The summed E-state index contributed by atoms with van der Waals surface area (Å²) in [6.07, 6.45) is -3.06. The van der Waals surface area contributed by atoms with Gasteiger partial charge in [-0.05, 0) is 34.6 Å². The molecule has 33 heavy (non-hydrogen) atoms. The molecule has 1 saturated heterocycles. The van der Waals surface area contributed by atoms with E-state index in [4.69, 9.17) is 19.7 Å². The maximum Gasteiger partial charge on any atom is 0.323 e. The van der Waals surface area contributed by atoms with Crippen LogP contribution in [0.1, 0.15) is 39.6 Å². The minimum absolute atomic E-state index is 0.0103. The van der Waals surface area contributed by atoms with E-state index in [-0.39, 0.29) is 17.7 Å². The number of nitrogens with zero attached hydrogens (tertiary/aromatic N) is 4. The van der Waals surface area contributed by atoms with Crippen molar-refractivity contribution in [2.75, 3.05) is 19.0 Å². The SMILES string of the molecule is Cc1nc(N)nc2c1ncn2C1OC(CO[P@](C)(=O)N[C@@H](C)C(=O)OC(C)C)[C@@H](O)[C@@]1(C)F.